The highest BCUT2D eigenvalue weighted by molar-refractivity contribution is 9.10. The first-order valence-corrected chi connectivity index (χ1v) is 9.32. The molecule has 0 unspecified atom stereocenters. The topological polar surface area (TPSA) is 29.1 Å². The molecule has 0 spiro atoms. The van der Waals surface area contributed by atoms with Gasteiger partial charge in [0.15, 0.2) is 23.3 Å². The molecule has 162 valence electrons. The number of halogens is 8. The lowest BCUT2D eigenvalue weighted by molar-refractivity contribution is -0.143. The van der Waals surface area contributed by atoms with E-state index in [0.29, 0.717) is 15.6 Å². The number of hydrogen-bond donors (Lipinski definition) is 1. The summed E-state index contributed by atoms with van der Waals surface area (Å²) in [5.74, 6) is -11.2. The average molecular weight is 506 g/mol. The number of anilines is 1. The van der Waals surface area contributed by atoms with Crippen molar-refractivity contribution in [2.24, 2.45) is 0 Å². The van der Waals surface area contributed by atoms with Gasteiger partial charge in [-0.1, -0.05) is 45.8 Å². The molecule has 2 nitrogen and oxygen atoms in total. The maximum atomic E-state index is 14.1. The Morgan fingerprint density at radius 2 is 1.42 bits per heavy atom. The third-order valence-corrected chi connectivity index (χ3v) is 4.87. The summed E-state index contributed by atoms with van der Waals surface area (Å²) in [6.07, 6.45) is -5.68. The fourth-order valence-electron chi connectivity index (χ4n) is 2.86. The molecule has 0 aliphatic carbocycles. The van der Waals surface area contributed by atoms with Gasteiger partial charge in [-0.05, 0) is 36.2 Å². The molecule has 0 fully saturated rings. The standard InChI is InChI=1S/C21H11BrF7NO/c1-9-2-4-10(5-3-9)13-8-11(22)6-7-12(13)20(31)30-19-17(25)15(23)14(21(27,28)29)16(24)18(19)26/h2-8H,1H3,(H,30,31). The molecule has 0 atom stereocenters. The minimum Gasteiger partial charge on any atom is -0.317 e. The van der Waals surface area contributed by atoms with E-state index < -0.39 is 46.6 Å². The molecule has 0 aliphatic heterocycles. The Morgan fingerprint density at radius 3 is 1.94 bits per heavy atom. The second-order valence-corrected chi connectivity index (χ2v) is 7.43. The Hall–Kier alpha value is -2.88. The van der Waals surface area contributed by atoms with Crippen LogP contribution in [0.25, 0.3) is 11.1 Å². The van der Waals surface area contributed by atoms with Crippen molar-refractivity contribution >= 4 is 27.5 Å². The van der Waals surface area contributed by atoms with Crippen molar-refractivity contribution in [3.05, 3.63) is 86.9 Å². The van der Waals surface area contributed by atoms with E-state index >= 15 is 0 Å². The first-order valence-electron chi connectivity index (χ1n) is 8.53. The van der Waals surface area contributed by atoms with E-state index in [-0.39, 0.29) is 5.56 Å². The van der Waals surface area contributed by atoms with Crippen LogP contribution < -0.4 is 5.32 Å². The fraction of sp³-hybridized carbons (Fsp3) is 0.0952. The molecule has 0 radical (unpaired) electrons. The molecule has 0 aromatic heterocycles. The Kier molecular flexibility index (Phi) is 6.13. The average Bonchev–Trinajstić information content (AvgIpc) is 2.69. The summed E-state index contributed by atoms with van der Waals surface area (Å²) < 4.78 is 94.7. The van der Waals surface area contributed by atoms with E-state index in [4.69, 9.17) is 0 Å². The molecular weight excluding hydrogens is 495 g/mol. The molecule has 0 saturated carbocycles. The van der Waals surface area contributed by atoms with Crippen LogP contribution in [0, 0.1) is 30.2 Å². The largest absolute Gasteiger partial charge is 0.422 e. The van der Waals surface area contributed by atoms with Crippen LogP contribution in [0.1, 0.15) is 21.5 Å². The number of carbonyl (C=O) groups excluding carboxylic acids is 1. The van der Waals surface area contributed by atoms with Crippen molar-refractivity contribution in [1.29, 1.82) is 0 Å². The van der Waals surface area contributed by atoms with Crippen LogP contribution in [0.2, 0.25) is 0 Å². The van der Waals surface area contributed by atoms with E-state index in [1.54, 1.807) is 29.6 Å². The molecular formula is C21H11BrF7NO. The predicted octanol–water partition coefficient (Wildman–Crippen LogP) is 7.25. The van der Waals surface area contributed by atoms with E-state index in [9.17, 15) is 35.5 Å². The number of rotatable bonds is 3. The number of hydrogen-bond acceptors (Lipinski definition) is 1. The van der Waals surface area contributed by atoms with Gasteiger partial charge in [0.05, 0.1) is 0 Å². The maximum Gasteiger partial charge on any atom is 0.422 e. The quantitative estimate of drug-likeness (QED) is 0.294. The molecule has 0 aliphatic rings. The van der Waals surface area contributed by atoms with Gasteiger partial charge in [-0.25, -0.2) is 17.6 Å². The molecule has 31 heavy (non-hydrogen) atoms. The molecule has 3 aromatic rings. The number of benzene rings is 3. The van der Waals surface area contributed by atoms with Crippen molar-refractivity contribution in [2.45, 2.75) is 13.1 Å². The van der Waals surface area contributed by atoms with Crippen molar-refractivity contribution in [2.75, 3.05) is 5.32 Å². The lowest BCUT2D eigenvalue weighted by Crippen LogP contribution is -2.20. The van der Waals surface area contributed by atoms with E-state index in [1.807, 2.05) is 6.92 Å². The summed E-state index contributed by atoms with van der Waals surface area (Å²) in [5.41, 5.74) is -2.74. The van der Waals surface area contributed by atoms with Crippen LogP contribution in [-0.4, -0.2) is 5.91 Å². The van der Waals surface area contributed by atoms with Gasteiger partial charge in [-0.15, -0.1) is 0 Å². The highest BCUT2D eigenvalue weighted by atomic mass is 79.9. The van der Waals surface area contributed by atoms with Gasteiger partial charge in [0.25, 0.3) is 5.91 Å². The van der Waals surface area contributed by atoms with E-state index in [1.165, 1.54) is 18.2 Å². The van der Waals surface area contributed by atoms with E-state index in [0.717, 1.165) is 5.56 Å². The number of nitrogens with one attached hydrogen (secondary N) is 1. The molecule has 1 amide bonds. The zero-order chi connectivity index (χ0) is 23.1. The molecule has 10 heteroatoms. The highest BCUT2D eigenvalue weighted by Gasteiger charge is 2.42. The SMILES string of the molecule is Cc1ccc(-c2cc(Br)ccc2C(=O)Nc2c(F)c(F)c(C(F)(F)F)c(F)c2F)cc1. The Labute approximate surface area is 179 Å². The Balaban J connectivity index is 2.08. The number of aryl methyl sites for hydroxylation is 1. The zero-order valence-electron chi connectivity index (χ0n) is 15.5. The first kappa shape index (κ1) is 22.8. The maximum absolute atomic E-state index is 14.1. The van der Waals surface area contributed by atoms with Gasteiger partial charge in [0.1, 0.15) is 11.3 Å². The van der Waals surface area contributed by atoms with Crippen LogP contribution >= 0.6 is 15.9 Å². The Bertz CT molecular complexity index is 1140. The summed E-state index contributed by atoms with van der Waals surface area (Å²) in [7, 11) is 0. The smallest absolute Gasteiger partial charge is 0.317 e. The van der Waals surface area contributed by atoms with Gasteiger partial charge in [0, 0.05) is 10.0 Å². The number of alkyl halides is 3. The molecule has 3 rings (SSSR count). The predicted molar refractivity (Wildman–Crippen MR) is 104 cm³/mol. The summed E-state index contributed by atoms with van der Waals surface area (Å²) in [6, 6.07) is 11.1. The van der Waals surface area contributed by atoms with Crippen molar-refractivity contribution < 1.29 is 35.5 Å². The van der Waals surface area contributed by atoms with Crippen LogP contribution in [0.3, 0.4) is 0 Å². The molecule has 3 aromatic carbocycles. The fourth-order valence-corrected chi connectivity index (χ4v) is 3.22. The number of amides is 1. The normalized spacial score (nSPS) is 11.5. The summed E-state index contributed by atoms with van der Waals surface area (Å²) in [4.78, 5) is 12.7. The Morgan fingerprint density at radius 1 is 0.871 bits per heavy atom. The third kappa shape index (κ3) is 4.43. The van der Waals surface area contributed by atoms with Gasteiger partial charge in [-0.3, -0.25) is 4.79 Å². The highest BCUT2D eigenvalue weighted by Crippen LogP contribution is 2.39. The van der Waals surface area contributed by atoms with Crippen molar-refractivity contribution in [3.63, 3.8) is 0 Å². The second-order valence-electron chi connectivity index (χ2n) is 6.51. The minimum absolute atomic E-state index is 0.133. The van der Waals surface area contributed by atoms with Crippen LogP contribution in [0.5, 0.6) is 0 Å². The molecule has 0 heterocycles. The van der Waals surface area contributed by atoms with Crippen molar-refractivity contribution in [3.8, 4) is 11.1 Å². The van der Waals surface area contributed by atoms with Gasteiger partial charge >= 0.3 is 6.18 Å². The zero-order valence-corrected chi connectivity index (χ0v) is 17.1. The van der Waals surface area contributed by atoms with Crippen LogP contribution in [0.4, 0.5) is 36.4 Å². The summed E-state index contributed by atoms with van der Waals surface area (Å²) in [6.45, 7) is 1.83. The molecule has 0 saturated heterocycles. The monoisotopic (exact) mass is 505 g/mol. The van der Waals surface area contributed by atoms with Crippen LogP contribution in [-0.2, 0) is 6.18 Å². The van der Waals surface area contributed by atoms with E-state index in [2.05, 4.69) is 15.9 Å². The van der Waals surface area contributed by atoms with Gasteiger partial charge in [0.2, 0.25) is 0 Å². The lowest BCUT2D eigenvalue weighted by Gasteiger charge is -2.16. The molecule has 1 N–H and O–H groups in total. The minimum atomic E-state index is -5.68. The first-order chi connectivity index (χ1) is 14.4. The third-order valence-electron chi connectivity index (χ3n) is 4.37. The van der Waals surface area contributed by atoms with Crippen LogP contribution in [0.15, 0.2) is 46.9 Å². The summed E-state index contributed by atoms with van der Waals surface area (Å²) >= 11 is 3.24. The number of carbonyl (C=O) groups is 1. The van der Waals surface area contributed by atoms with Gasteiger partial charge < -0.3 is 5.32 Å². The second kappa shape index (κ2) is 8.33. The lowest BCUT2D eigenvalue weighted by atomic mass is 9.98. The van der Waals surface area contributed by atoms with Gasteiger partial charge in [-0.2, -0.15) is 13.2 Å². The van der Waals surface area contributed by atoms with Crippen molar-refractivity contribution in [1.82, 2.24) is 0 Å². The summed E-state index contributed by atoms with van der Waals surface area (Å²) in [5, 5.41) is 1.64. The molecule has 0 bridgehead atoms.